The fourth-order valence-corrected chi connectivity index (χ4v) is 2.47. The van der Waals surface area contributed by atoms with E-state index in [-0.39, 0.29) is 0 Å². The van der Waals surface area contributed by atoms with Crippen LogP contribution in [0.4, 0.5) is 0 Å². The van der Waals surface area contributed by atoms with Gasteiger partial charge in [-0.25, -0.2) is 0 Å². The Morgan fingerprint density at radius 1 is 1.42 bits per heavy atom. The summed E-state index contributed by atoms with van der Waals surface area (Å²) in [5.41, 5.74) is 6.36. The lowest BCUT2D eigenvalue weighted by atomic mass is 9.74. The monoisotopic (exact) mass is 169 g/mol. The third kappa shape index (κ3) is 1.82. The highest BCUT2D eigenvalue weighted by molar-refractivity contribution is 4.90. The molecule has 0 aromatic heterocycles. The molecular formula is C11H23N. The summed E-state index contributed by atoms with van der Waals surface area (Å²) >= 11 is 0. The Labute approximate surface area is 76.7 Å². The van der Waals surface area contributed by atoms with Gasteiger partial charge in [-0.3, -0.25) is 0 Å². The zero-order chi connectivity index (χ0) is 9.35. The molecule has 0 aromatic rings. The van der Waals surface area contributed by atoms with Crippen LogP contribution in [0.5, 0.6) is 0 Å². The predicted octanol–water partition coefficient (Wildman–Crippen LogP) is 2.80. The van der Waals surface area contributed by atoms with Gasteiger partial charge in [0.25, 0.3) is 0 Å². The van der Waals surface area contributed by atoms with E-state index in [0.29, 0.717) is 11.5 Å². The van der Waals surface area contributed by atoms with Crippen LogP contribution in [0.25, 0.3) is 0 Å². The number of hydrogen-bond donors (Lipinski definition) is 1. The van der Waals surface area contributed by atoms with Crippen molar-refractivity contribution in [2.75, 3.05) is 0 Å². The quantitative estimate of drug-likeness (QED) is 0.676. The van der Waals surface area contributed by atoms with E-state index in [2.05, 4.69) is 27.7 Å². The lowest BCUT2D eigenvalue weighted by Crippen LogP contribution is -2.28. The first kappa shape index (κ1) is 10.0. The molecule has 1 fully saturated rings. The molecule has 0 aliphatic heterocycles. The van der Waals surface area contributed by atoms with Crippen LogP contribution in [-0.2, 0) is 0 Å². The molecule has 1 heteroatoms. The third-order valence-electron chi connectivity index (χ3n) is 3.93. The van der Waals surface area contributed by atoms with Crippen LogP contribution < -0.4 is 5.73 Å². The summed E-state index contributed by atoms with van der Waals surface area (Å²) in [5.74, 6) is 1.73. The Morgan fingerprint density at radius 2 is 2.00 bits per heavy atom. The number of hydrogen-bond acceptors (Lipinski definition) is 1. The van der Waals surface area contributed by atoms with Crippen LogP contribution in [0.2, 0.25) is 0 Å². The lowest BCUT2D eigenvalue weighted by Gasteiger charge is -2.32. The van der Waals surface area contributed by atoms with Crippen molar-refractivity contribution in [1.29, 1.82) is 0 Å². The van der Waals surface area contributed by atoms with Crippen molar-refractivity contribution in [2.24, 2.45) is 23.0 Å². The van der Waals surface area contributed by atoms with Crippen molar-refractivity contribution in [3.05, 3.63) is 0 Å². The van der Waals surface area contributed by atoms with Crippen LogP contribution in [0, 0.1) is 17.3 Å². The van der Waals surface area contributed by atoms with Crippen molar-refractivity contribution in [2.45, 2.75) is 53.0 Å². The second-order valence-electron chi connectivity index (χ2n) is 5.21. The summed E-state index contributed by atoms with van der Waals surface area (Å²) in [4.78, 5) is 0. The molecule has 1 aliphatic carbocycles. The zero-order valence-corrected chi connectivity index (χ0v) is 8.93. The van der Waals surface area contributed by atoms with Gasteiger partial charge in [-0.1, -0.05) is 20.8 Å². The van der Waals surface area contributed by atoms with Gasteiger partial charge in [0.15, 0.2) is 0 Å². The van der Waals surface area contributed by atoms with Crippen LogP contribution >= 0.6 is 0 Å². The first-order valence-electron chi connectivity index (χ1n) is 5.20. The molecule has 3 atom stereocenters. The molecule has 0 aromatic carbocycles. The minimum atomic E-state index is 0.375. The molecule has 3 unspecified atom stereocenters. The maximum atomic E-state index is 5.84. The molecule has 0 saturated heterocycles. The molecule has 1 nitrogen and oxygen atoms in total. The highest BCUT2D eigenvalue weighted by Gasteiger charge is 2.40. The van der Waals surface area contributed by atoms with E-state index in [9.17, 15) is 0 Å². The summed E-state index contributed by atoms with van der Waals surface area (Å²) in [6.45, 7) is 9.30. The Hall–Kier alpha value is -0.0400. The molecule has 0 radical (unpaired) electrons. The maximum absolute atomic E-state index is 5.84. The van der Waals surface area contributed by atoms with Crippen molar-refractivity contribution in [1.82, 2.24) is 0 Å². The average molecular weight is 169 g/mol. The molecule has 0 amide bonds. The summed E-state index contributed by atoms with van der Waals surface area (Å²) in [7, 11) is 0. The van der Waals surface area contributed by atoms with E-state index in [4.69, 9.17) is 5.73 Å². The molecule has 12 heavy (non-hydrogen) atoms. The Balaban J connectivity index is 2.56. The van der Waals surface area contributed by atoms with Gasteiger partial charge in [-0.15, -0.1) is 0 Å². The predicted molar refractivity (Wildman–Crippen MR) is 53.9 cm³/mol. The summed E-state index contributed by atoms with van der Waals surface area (Å²) in [6, 6.07) is 0.375. The van der Waals surface area contributed by atoms with Gasteiger partial charge < -0.3 is 5.73 Å². The lowest BCUT2D eigenvalue weighted by molar-refractivity contribution is 0.182. The first-order valence-corrected chi connectivity index (χ1v) is 5.20. The molecule has 1 aliphatic rings. The molecule has 2 N–H and O–H groups in total. The van der Waals surface area contributed by atoms with Gasteiger partial charge in [0, 0.05) is 6.04 Å². The molecule has 0 spiro atoms. The highest BCUT2D eigenvalue weighted by atomic mass is 14.6. The van der Waals surface area contributed by atoms with E-state index in [1.54, 1.807) is 0 Å². The van der Waals surface area contributed by atoms with Crippen LogP contribution in [0.15, 0.2) is 0 Å². The number of rotatable bonds is 2. The van der Waals surface area contributed by atoms with Gasteiger partial charge in [-0.05, 0) is 43.4 Å². The smallest absolute Gasteiger partial charge is 0.00133 e. The van der Waals surface area contributed by atoms with E-state index in [0.717, 1.165) is 11.8 Å². The van der Waals surface area contributed by atoms with Gasteiger partial charge in [-0.2, -0.15) is 0 Å². The average Bonchev–Trinajstić information content (AvgIpc) is 2.15. The van der Waals surface area contributed by atoms with E-state index < -0.39 is 0 Å². The minimum Gasteiger partial charge on any atom is -0.328 e. The molecular weight excluding hydrogens is 146 g/mol. The summed E-state index contributed by atoms with van der Waals surface area (Å²) in [6.07, 6.45) is 3.98. The van der Waals surface area contributed by atoms with Crippen molar-refractivity contribution in [3.8, 4) is 0 Å². The maximum Gasteiger partial charge on any atom is 0.00133 e. The Bertz CT molecular complexity index is 149. The van der Waals surface area contributed by atoms with Crippen molar-refractivity contribution < 1.29 is 0 Å². The Morgan fingerprint density at radius 3 is 2.33 bits per heavy atom. The van der Waals surface area contributed by atoms with E-state index in [1.165, 1.54) is 19.3 Å². The van der Waals surface area contributed by atoms with Crippen molar-refractivity contribution >= 4 is 0 Å². The fraction of sp³-hybridized carbons (Fsp3) is 1.00. The van der Waals surface area contributed by atoms with Crippen LogP contribution in [0.3, 0.4) is 0 Å². The SMILES string of the molecule is CC(N)CC1CCC(C)C1(C)C. The van der Waals surface area contributed by atoms with Crippen LogP contribution in [0.1, 0.15) is 47.0 Å². The zero-order valence-electron chi connectivity index (χ0n) is 8.93. The normalized spacial score (nSPS) is 36.8. The first-order chi connectivity index (χ1) is 5.44. The third-order valence-corrected chi connectivity index (χ3v) is 3.93. The Kier molecular flexibility index (Phi) is 2.82. The standard InChI is InChI=1S/C11H23N/c1-8-5-6-10(7-9(2)12)11(8,3)4/h8-10H,5-7,12H2,1-4H3. The van der Waals surface area contributed by atoms with Crippen molar-refractivity contribution in [3.63, 3.8) is 0 Å². The molecule has 0 bridgehead atoms. The molecule has 0 heterocycles. The topological polar surface area (TPSA) is 26.0 Å². The van der Waals surface area contributed by atoms with Gasteiger partial charge >= 0.3 is 0 Å². The number of nitrogens with two attached hydrogens (primary N) is 1. The van der Waals surface area contributed by atoms with Crippen LogP contribution in [-0.4, -0.2) is 6.04 Å². The molecule has 72 valence electrons. The van der Waals surface area contributed by atoms with Gasteiger partial charge in [0.05, 0.1) is 0 Å². The second kappa shape index (κ2) is 3.37. The van der Waals surface area contributed by atoms with E-state index >= 15 is 0 Å². The van der Waals surface area contributed by atoms with Gasteiger partial charge in [0.2, 0.25) is 0 Å². The van der Waals surface area contributed by atoms with Gasteiger partial charge in [0.1, 0.15) is 0 Å². The second-order valence-corrected chi connectivity index (χ2v) is 5.21. The largest absolute Gasteiger partial charge is 0.328 e. The summed E-state index contributed by atoms with van der Waals surface area (Å²) < 4.78 is 0. The van der Waals surface area contributed by atoms with E-state index in [1.807, 2.05) is 0 Å². The highest BCUT2D eigenvalue weighted by Crippen LogP contribution is 2.48. The fourth-order valence-electron chi connectivity index (χ4n) is 2.47. The molecule has 1 saturated carbocycles. The molecule has 1 rings (SSSR count). The summed E-state index contributed by atoms with van der Waals surface area (Å²) in [5, 5.41) is 0. The minimum absolute atomic E-state index is 0.375.